The lowest BCUT2D eigenvalue weighted by molar-refractivity contribution is 0.229. The van der Waals surface area contributed by atoms with Gasteiger partial charge in [0, 0.05) is 29.4 Å². The average Bonchev–Trinajstić information content (AvgIpc) is 3.06. The summed E-state index contributed by atoms with van der Waals surface area (Å²) in [5, 5.41) is 4.16. The normalized spacial score (nSPS) is 27.1. The fraction of sp³-hybridized carbons (Fsp3) is 0.600. The molecule has 5 rings (SSSR count). The number of nitrogens with two attached hydrogens (primary N) is 1. The number of ether oxygens (including phenoxy) is 2. The summed E-state index contributed by atoms with van der Waals surface area (Å²) in [6.45, 7) is 4.77. The molecule has 0 spiro atoms. The zero-order valence-electron chi connectivity index (χ0n) is 15.7. The minimum Gasteiger partial charge on any atom is -0.494 e. The molecule has 2 aliphatic carbocycles. The molecule has 27 heavy (non-hydrogen) atoms. The highest BCUT2D eigenvalue weighted by Crippen LogP contribution is 2.57. The Labute approximate surface area is 165 Å². The van der Waals surface area contributed by atoms with Crippen LogP contribution < -0.4 is 15.2 Å². The number of fused-ring (bicyclic) bond motifs is 1. The van der Waals surface area contributed by atoms with Crippen LogP contribution in [0, 0.1) is 0 Å². The van der Waals surface area contributed by atoms with Gasteiger partial charge in [0.25, 0.3) is 0 Å². The van der Waals surface area contributed by atoms with E-state index in [1.165, 1.54) is 11.1 Å². The summed E-state index contributed by atoms with van der Waals surface area (Å²) in [7, 11) is 0. The van der Waals surface area contributed by atoms with Gasteiger partial charge < -0.3 is 19.7 Å². The van der Waals surface area contributed by atoms with Crippen molar-refractivity contribution in [1.29, 1.82) is 0 Å². The van der Waals surface area contributed by atoms with E-state index >= 15 is 0 Å². The maximum atomic E-state index is 6.32. The molecule has 2 N–H and O–H groups in total. The lowest BCUT2D eigenvalue weighted by Gasteiger charge is -2.34. The first-order chi connectivity index (χ1) is 12.6. The molecule has 0 amide bonds. The van der Waals surface area contributed by atoms with Gasteiger partial charge in [-0.05, 0) is 51.7 Å². The lowest BCUT2D eigenvalue weighted by Crippen LogP contribution is -2.44. The molecule has 3 atom stereocenters. The maximum Gasteiger partial charge on any atom is 0.230 e. The molecule has 3 unspecified atom stereocenters. The van der Waals surface area contributed by atoms with Gasteiger partial charge in [0.15, 0.2) is 5.82 Å². The minimum absolute atomic E-state index is 0. The van der Waals surface area contributed by atoms with Crippen LogP contribution >= 0.6 is 12.4 Å². The van der Waals surface area contributed by atoms with E-state index in [1.807, 2.05) is 6.92 Å². The largest absolute Gasteiger partial charge is 0.494 e. The number of hydrogen-bond acceptors (Lipinski definition) is 6. The van der Waals surface area contributed by atoms with E-state index in [9.17, 15) is 0 Å². The molecule has 0 radical (unpaired) electrons. The second-order valence-electron chi connectivity index (χ2n) is 7.98. The monoisotopic (exact) mass is 391 g/mol. The first kappa shape index (κ1) is 18.6. The van der Waals surface area contributed by atoms with Gasteiger partial charge in [0.1, 0.15) is 17.6 Å². The Balaban J connectivity index is 0.00000180. The molecule has 3 aliphatic rings. The van der Waals surface area contributed by atoms with E-state index < -0.39 is 0 Å². The van der Waals surface area contributed by atoms with Crippen molar-refractivity contribution < 1.29 is 14.0 Å². The second kappa shape index (κ2) is 6.67. The molecule has 2 aromatic rings. The first-order valence-corrected chi connectivity index (χ1v) is 9.66. The third kappa shape index (κ3) is 3.09. The van der Waals surface area contributed by atoms with Crippen molar-refractivity contribution in [3.05, 3.63) is 35.0 Å². The summed E-state index contributed by atoms with van der Waals surface area (Å²) in [4.78, 5) is 4.63. The number of aromatic nitrogens is 2. The standard InChI is InChI=1S/C20H25N3O3.ClH/c1-3-24-17-8-12-7-11(2)25-16(12)10-14(17)13-9-15(13)18-22-19(23-26-18)20(21)5-4-6-20;/h8,10-11,13,15H,3-7,9,21H2,1-2H3;1H. The Hall–Kier alpha value is -1.79. The summed E-state index contributed by atoms with van der Waals surface area (Å²) >= 11 is 0. The highest BCUT2D eigenvalue weighted by atomic mass is 35.5. The van der Waals surface area contributed by atoms with Gasteiger partial charge in [-0.3, -0.25) is 0 Å². The van der Waals surface area contributed by atoms with Gasteiger partial charge in [-0.25, -0.2) is 0 Å². The van der Waals surface area contributed by atoms with Crippen LogP contribution in [-0.4, -0.2) is 22.9 Å². The smallest absolute Gasteiger partial charge is 0.230 e. The van der Waals surface area contributed by atoms with Crippen LogP contribution in [0.15, 0.2) is 16.7 Å². The molecular weight excluding hydrogens is 366 g/mol. The number of rotatable bonds is 5. The minimum atomic E-state index is -0.375. The fourth-order valence-electron chi connectivity index (χ4n) is 4.21. The Morgan fingerprint density at radius 2 is 2.11 bits per heavy atom. The Kier molecular flexibility index (Phi) is 4.59. The molecule has 0 bridgehead atoms. The zero-order valence-corrected chi connectivity index (χ0v) is 16.6. The van der Waals surface area contributed by atoms with Crippen LogP contribution in [0.1, 0.15) is 74.2 Å². The van der Waals surface area contributed by atoms with E-state index in [2.05, 4.69) is 29.2 Å². The van der Waals surface area contributed by atoms with E-state index in [0.29, 0.717) is 24.2 Å². The van der Waals surface area contributed by atoms with Gasteiger partial charge in [0.2, 0.25) is 5.89 Å². The Morgan fingerprint density at radius 3 is 2.81 bits per heavy atom. The van der Waals surface area contributed by atoms with Crippen molar-refractivity contribution in [3.63, 3.8) is 0 Å². The molecule has 7 heteroatoms. The zero-order chi connectivity index (χ0) is 17.9. The Morgan fingerprint density at radius 1 is 1.30 bits per heavy atom. The highest BCUT2D eigenvalue weighted by Gasteiger charge is 2.47. The molecule has 2 heterocycles. The van der Waals surface area contributed by atoms with Gasteiger partial charge in [-0.15, -0.1) is 12.4 Å². The van der Waals surface area contributed by atoms with Crippen LogP contribution in [0.4, 0.5) is 0 Å². The van der Waals surface area contributed by atoms with Crippen LogP contribution in [0.2, 0.25) is 0 Å². The molecule has 1 aromatic heterocycles. The number of benzene rings is 1. The number of hydrogen-bond donors (Lipinski definition) is 1. The first-order valence-electron chi connectivity index (χ1n) is 9.66. The second-order valence-corrected chi connectivity index (χ2v) is 7.98. The quantitative estimate of drug-likeness (QED) is 0.834. The molecule has 1 aromatic carbocycles. The van der Waals surface area contributed by atoms with Gasteiger partial charge >= 0.3 is 0 Å². The molecule has 6 nitrogen and oxygen atoms in total. The summed E-state index contributed by atoms with van der Waals surface area (Å²) in [5.74, 6) is 3.91. The van der Waals surface area contributed by atoms with Crippen molar-refractivity contribution in [2.75, 3.05) is 6.61 Å². The number of halogens is 1. The van der Waals surface area contributed by atoms with Crippen molar-refractivity contribution in [1.82, 2.24) is 10.1 Å². The van der Waals surface area contributed by atoms with Crippen LogP contribution in [0.3, 0.4) is 0 Å². The van der Waals surface area contributed by atoms with Crippen LogP contribution in [0.25, 0.3) is 0 Å². The molecular formula is C20H26ClN3O3. The molecule has 0 saturated heterocycles. The lowest BCUT2D eigenvalue weighted by atomic mass is 9.77. The fourth-order valence-corrected chi connectivity index (χ4v) is 4.21. The third-order valence-corrected chi connectivity index (χ3v) is 5.97. The van der Waals surface area contributed by atoms with Gasteiger partial charge in [-0.1, -0.05) is 5.16 Å². The Bertz CT molecular complexity index is 849. The molecule has 2 saturated carbocycles. The summed E-state index contributed by atoms with van der Waals surface area (Å²) in [6.07, 6.45) is 5.18. The van der Waals surface area contributed by atoms with Gasteiger partial charge in [-0.2, -0.15) is 4.98 Å². The van der Waals surface area contributed by atoms with E-state index in [4.69, 9.17) is 19.7 Å². The van der Waals surface area contributed by atoms with E-state index in [0.717, 1.165) is 43.6 Å². The summed E-state index contributed by atoms with van der Waals surface area (Å²) in [5.41, 5.74) is 8.37. The topological polar surface area (TPSA) is 83.4 Å². The highest BCUT2D eigenvalue weighted by molar-refractivity contribution is 5.85. The maximum absolute atomic E-state index is 6.32. The molecule has 146 valence electrons. The van der Waals surface area contributed by atoms with E-state index in [1.54, 1.807) is 0 Å². The average molecular weight is 392 g/mol. The van der Waals surface area contributed by atoms with Crippen molar-refractivity contribution in [3.8, 4) is 11.5 Å². The van der Waals surface area contributed by atoms with E-state index in [-0.39, 0.29) is 30.0 Å². The third-order valence-electron chi connectivity index (χ3n) is 5.97. The van der Waals surface area contributed by atoms with Crippen molar-refractivity contribution >= 4 is 12.4 Å². The summed E-state index contributed by atoms with van der Waals surface area (Å²) < 4.78 is 17.4. The van der Waals surface area contributed by atoms with Gasteiger partial charge in [0.05, 0.1) is 12.1 Å². The van der Waals surface area contributed by atoms with Crippen molar-refractivity contribution in [2.24, 2.45) is 5.73 Å². The SMILES string of the molecule is CCOc1cc2c(cc1C1CC1c1nc(C3(N)CCC3)no1)OC(C)C2.Cl. The van der Waals surface area contributed by atoms with Crippen LogP contribution in [-0.2, 0) is 12.0 Å². The summed E-state index contributed by atoms with van der Waals surface area (Å²) in [6, 6.07) is 4.30. The van der Waals surface area contributed by atoms with Crippen LogP contribution in [0.5, 0.6) is 11.5 Å². The molecule has 1 aliphatic heterocycles. The van der Waals surface area contributed by atoms with Crippen molar-refractivity contribution in [2.45, 2.75) is 69.4 Å². The number of nitrogens with zero attached hydrogens (tertiary/aromatic N) is 2. The molecule has 2 fully saturated rings. The predicted molar refractivity (Wildman–Crippen MR) is 103 cm³/mol. The predicted octanol–water partition coefficient (Wildman–Crippen LogP) is 3.82.